The lowest BCUT2D eigenvalue weighted by Crippen LogP contribution is -2.12. The third-order valence-electron chi connectivity index (χ3n) is 2.59. The number of para-hydroxylation sites is 1. The lowest BCUT2D eigenvalue weighted by Gasteiger charge is -2.08. The predicted octanol–water partition coefficient (Wildman–Crippen LogP) is 3.36. The fourth-order valence-electron chi connectivity index (χ4n) is 1.50. The monoisotopic (exact) mass is 248 g/mol. The van der Waals surface area contributed by atoms with Crippen molar-refractivity contribution in [3.63, 3.8) is 0 Å². The lowest BCUT2D eigenvalue weighted by atomic mass is 10.1. The second-order valence-corrected chi connectivity index (χ2v) is 3.86. The summed E-state index contributed by atoms with van der Waals surface area (Å²) in [6.07, 6.45) is 3.21. The number of carbonyl (C=O) groups is 1. The molecular formula is C15H20O3. The molecule has 0 radical (unpaired) electrons. The zero-order chi connectivity index (χ0) is 13.2. The summed E-state index contributed by atoms with van der Waals surface area (Å²) in [7, 11) is 0. The molecule has 0 saturated heterocycles. The van der Waals surface area contributed by atoms with Gasteiger partial charge in [-0.1, -0.05) is 36.8 Å². The number of hydrogen-bond donors (Lipinski definition) is 0. The average molecular weight is 248 g/mol. The van der Waals surface area contributed by atoms with Crippen molar-refractivity contribution >= 4 is 5.97 Å². The number of hydrogen-bond acceptors (Lipinski definition) is 3. The van der Waals surface area contributed by atoms with E-state index in [4.69, 9.17) is 9.47 Å². The van der Waals surface area contributed by atoms with Crippen molar-refractivity contribution in [2.75, 3.05) is 13.2 Å². The highest BCUT2D eigenvalue weighted by molar-refractivity contribution is 5.72. The van der Waals surface area contributed by atoms with Crippen molar-refractivity contribution in [3.8, 4) is 5.75 Å². The van der Waals surface area contributed by atoms with Gasteiger partial charge in [-0.2, -0.15) is 0 Å². The zero-order valence-electron chi connectivity index (χ0n) is 11.0. The molecule has 0 atom stereocenters. The Hall–Kier alpha value is -1.77. The van der Waals surface area contributed by atoms with Crippen molar-refractivity contribution in [3.05, 3.63) is 42.0 Å². The first kappa shape index (κ1) is 14.3. The van der Waals surface area contributed by atoms with Gasteiger partial charge in [-0.25, -0.2) is 0 Å². The van der Waals surface area contributed by atoms with E-state index in [0.29, 0.717) is 13.0 Å². The van der Waals surface area contributed by atoms with Gasteiger partial charge in [0, 0.05) is 0 Å². The molecule has 1 aromatic rings. The molecule has 0 saturated carbocycles. The molecule has 0 fully saturated rings. The Balaban J connectivity index is 2.16. The van der Waals surface area contributed by atoms with Crippen molar-refractivity contribution in [2.45, 2.75) is 26.7 Å². The first-order valence-corrected chi connectivity index (χ1v) is 6.23. The molecule has 1 rings (SSSR count). The Morgan fingerprint density at radius 1 is 1.22 bits per heavy atom. The highest BCUT2D eigenvalue weighted by Crippen LogP contribution is 2.09. The van der Waals surface area contributed by atoms with Crippen LogP contribution in [0.25, 0.3) is 0 Å². The maximum absolute atomic E-state index is 11.5. The predicted molar refractivity (Wildman–Crippen MR) is 71.6 cm³/mol. The molecule has 0 aliphatic heterocycles. The summed E-state index contributed by atoms with van der Waals surface area (Å²) in [5.41, 5.74) is 1.10. The van der Waals surface area contributed by atoms with Gasteiger partial charge in [0.05, 0.1) is 6.42 Å². The summed E-state index contributed by atoms with van der Waals surface area (Å²) in [4.78, 5) is 11.5. The van der Waals surface area contributed by atoms with Crippen LogP contribution in [0.4, 0.5) is 0 Å². The molecule has 0 spiro atoms. The second-order valence-electron chi connectivity index (χ2n) is 3.86. The van der Waals surface area contributed by atoms with Gasteiger partial charge in [-0.15, -0.1) is 0 Å². The molecule has 0 N–H and O–H groups in total. The molecule has 0 aromatic heterocycles. The van der Waals surface area contributed by atoms with Crippen LogP contribution in [0, 0.1) is 0 Å². The highest BCUT2D eigenvalue weighted by atomic mass is 16.6. The van der Waals surface area contributed by atoms with E-state index in [1.165, 1.54) is 0 Å². The van der Waals surface area contributed by atoms with E-state index in [2.05, 4.69) is 0 Å². The molecule has 0 bridgehead atoms. The van der Waals surface area contributed by atoms with E-state index < -0.39 is 0 Å². The van der Waals surface area contributed by atoms with Gasteiger partial charge < -0.3 is 9.47 Å². The third kappa shape index (κ3) is 5.53. The van der Waals surface area contributed by atoms with Gasteiger partial charge in [0.2, 0.25) is 0 Å². The smallest absolute Gasteiger partial charge is 0.310 e. The minimum atomic E-state index is -0.193. The molecule has 18 heavy (non-hydrogen) atoms. The molecule has 0 aliphatic rings. The van der Waals surface area contributed by atoms with Gasteiger partial charge in [0.15, 0.2) is 0 Å². The minimum Gasteiger partial charge on any atom is -0.490 e. The Bertz CT molecular complexity index is 382. The standard InChI is InChI=1S/C15H20O3/c1-3-13(4-2)12-15(16)18-11-10-17-14-8-6-5-7-9-14/h3,5-9H,4,10-12H2,1-2H3. The van der Waals surface area contributed by atoms with Gasteiger partial charge in [-0.3, -0.25) is 4.79 Å². The SMILES string of the molecule is CC=C(CC)CC(=O)OCCOc1ccccc1. The molecule has 3 heteroatoms. The van der Waals surface area contributed by atoms with Crippen LogP contribution in [-0.4, -0.2) is 19.2 Å². The van der Waals surface area contributed by atoms with Crippen LogP contribution in [0.1, 0.15) is 26.7 Å². The summed E-state index contributed by atoms with van der Waals surface area (Å²) in [6, 6.07) is 9.48. The fraction of sp³-hybridized carbons (Fsp3) is 0.400. The summed E-state index contributed by atoms with van der Waals surface area (Å²) in [5, 5.41) is 0. The topological polar surface area (TPSA) is 35.5 Å². The van der Waals surface area contributed by atoms with E-state index in [1.54, 1.807) is 0 Å². The Labute approximate surface area is 108 Å². The van der Waals surface area contributed by atoms with E-state index in [1.807, 2.05) is 50.3 Å². The van der Waals surface area contributed by atoms with Crippen LogP contribution in [0.5, 0.6) is 5.75 Å². The molecule has 0 aliphatic carbocycles. The Kier molecular flexibility index (Phi) is 6.62. The van der Waals surface area contributed by atoms with Gasteiger partial charge in [0.1, 0.15) is 19.0 Å². The third-order valence-corrected chi connectivity index (χ3v) is 2.59. The molecule has 0 heterocycles. The average Bonchev–Trinajstić information content (AvgIpc) is 2.42. The van der Waals surface area contributed by atoms with Gasteiger partial charge in [0.25, 0.3) is 0 Å². The first-order chi connectivity index (χ1) is 8.76. The van der Waals surface area contributed by atoms with Gasteiger partial charge >= 0.3 is 5.97 Å². The second kappa shape index (κ2) is 8.34. The summed E-state index contributed by atoms with van der Waals surface area (Å²) >= 11 is 0. The Morgan fingerprint density at radius 3 is 2.56 bits per heavy atom. The maximum Gasteiger partial charge on any atom is 0.310 e. The van der Waals surface area contributed by atoms with Crippen LogP contribution in [0.15, 0.2) is 42.0 Å². The molecule has 0 unspecified atom stereocenters. The lowest BCUT2D eigenvalue weighted by molar-refractivity contribution is -0.143. The van der Waals surface area contributed by atoms with Crippen LogP contribution < -0.4 is 4.74 Å². The molecular weight excluding hydrogens is 228 g/mol. The number of benzene rings is 1. The normalized spacial score (nSPS) is 11.1. The van der Waals surface area contributed by atoms with E-state index >= 15 is 0 Å². The summed E-state index contributed by atoms with van der Waals surface area (Å²) in [6.45, 7) is 4.63. The number of rotatable bonds is 7. The molecule has 3 nitrogen and oxygen atoms in total. The highest BCUT2D eigenvalue weighted by Gasteiger charge is 2.05. The number of ether oxygens (including phenoxy) is 2. The van der Waals surface area contributed by atoms with E-state index in [9.17, 15) is 4.79 Å². The number of carbonyl (C=O) groups excluding carboxylic acids is 1. The minimum absolute atomic E-state index is 0.193. The first-order valence-electron chi connectivity index (χ1n) is 6.23. The number of allylic oxidation sites excluding steroid dienone is 1. The summed E-state index contributed by atoms with van der Waals surface area (Å²) < 4.78 is 10.5. The van der Waals surface area contributed by atoms with E-state index in [0.717, 1.165) is 17.7 Å². The zero-order valence-corrected chi connectivity index (χ0v) is 11.0. The van der Waals surface area contributed by atoms with Crippen LogP contribution >= 0.6 is 0 Å². The summed E-state index contributed by atoms with van der Waals surface area (Å²) in [5.74, 6) is 0.595. The van der Waals surface area contributed by atoms with Crippen molar-refractivity contribution < 1.29 is 14.3 Å². The quantitative estimate of drug-likeness (QED) is 0.421. The van der Waals surface area contributed by atoms with Crippen LogP contribution in [0.3, 0.4) is 0 Å². The molecule has 98 valence electrons. The Morgan fingerprint density at radius 2 is 1.94 bits per heavy atom. The van der Waals surface area contributed by atoms with Crippen LogP contribution in [0.2, 0.25) is 0 Å². The van der Waals surface area contributed by atoms with Crippen molar-refractivity contribution in [1.82, 2.24) is 0 Å². The number of esters is 1. The van der Waals surface area contributed by atoms with Crippen molar-refractivity contribution in [2.24, 2.45) is 0 Å². The largest absolute Gasteiger partial charge is 0.490 e. The molecule has 0 amide bonds. The van der Waals surface area contributed by atoms with E-state index in [-0.39, 0.29) is 12.6 Å². The fourth-order valence-corrected chi connectivity index (χ4v) is 1.50. The maximum atomic E-state index is 11.5. The van der Waals surface area contributed by atoms with Crippen molar-refractivity contribution in [1.29, 1.82) is 0 Å². The van der Waals surface area contributed by atoms with Crippen LogP contribution in [-0.2, 0) is 9.53 Å². The van der Waals surface area contributed by atoms with Gasteiger partial charge in [-0.05, 0) is 25.5 Å². The molecule has 1 aromatic carbocycles.